The lowest BCUT2D eigenvalue weighted by Crippen LogP contribution is -2.56. The van der Waals surface area contributed by atoms with E-state index in [4.69, 9.17) is 5.73 Å². The molecule has 6 N–H and O–H groups in total. The molecule has 3 unspecified atom stereocenters. The van der Waals surface area contributed by atoms with Gasteiger partial charge in [-0.05, 0) is 31.3 Å². The number of carbonyl (C=O) groups is 4. The molecule has 166 valence electrons. The van der Waals surface area contributed by atoms with Crippen LogP contribution in [0.4, 0.5) is 0 Å². The number of carboxylic acids is 1. The van der Waals surface area contributed by atoms with Gasteiger partial charge in [-0.15, -0.1) is 0 Å². The number of hydrogen-bond donors (Lipinski definition) is 5. The number of hydrogen-bond acceptors (Lipinski definition) is 7. The van der Waals surface area contributed by atoms with Gasteiger partial charge in [0.25, 0.3) is 0 Å². The van der Waals surface area contributed by atoms with E-state index < -0.39 is 41.8 Å². The number of thioether (sulfide) groups is 1. The number of carboxylic acid groups (broad SMARTS) is 1. The molecule has 0 spiro atoms. The molecular formula is C18H28N6O5S. The second-order valence-electron chi connectivity index (χ2n) is 6.98. The summed E-state index contributed by atoms with van der Waals surface area (Å²) in [4.78, 5) is 57.4. The molecule has 2 heterocycles. The van der Waals surface area contributed by atoms with Crippen molar-refractivity contribution in [1.82, 2.24) is 25.5 Å². The summed E-state index contributed by atoms with van der Waals surface area (Å²) in [6.45, 7) is 0.0733. The zero-order chi connectivity index (χ0) is 22.1. The molecule has 3 amide bonds. The summed E-state index contributed by atoms with van der Waals surface area (Å²) >= 11 is 1.49. The Morgan fingerprint density at radius 2 is 2.13 bits per heavy atom. The molecule has 0 bridgehead atoms. The molecule has 0 aromatic carbocycles. The minimum atomic E-state index is -1.11. The van der Waals surface area contributed by atoms with Crippen molar-refractivity contribution in [3.8, 4) is 0 Å². The minimum Gasteiger partial charge on any atom is -0.480 e. The fraction of sp³-hybridized carbons (Fsp3) is 0.611. The molecule has 1 aromatic rings. The maximum Gasteiger partial charge on any atom is 0.326 e. The number of nitrogens with zero attached hydrogens (tertiary/aromatic N) is 2. The summed E-state index contributed by atoms with van der Waals surface area (Å²) in [5, 5.41) is 14.5. The van der Waals surface area contributed by atoms with Crippen LogP contribution in [0.3, 0.4) is 0 Å². The molecule has 30 heavy (non-hydrogen) atoms. The van der Waals surface area contributed by atoms with Crippen LogP contribution < -0.4 is 16.4 Å². The van der Waals surface area contributed by atoms with Crippen LogP contribution in [0, 0.1) is 0 Å². The Balaban J connectivity index is 2.11. The van der Waals surface area contributed by atoms with E-state index in [9.17, 15) is 24.3 Å². The summed E-state index contributed by atoms with van der Waals surface area (Å²) in [5.41, 5.74) is 6.01. The predicted molar refractivity (Wildman–Crippen MR) is 111 cm³/mol. The van der Waals surface area contributed by atoms with Crippen molar-refractivity contribution in [2.45, 2.75) is 43.8 Å². The van der Waals surface area contributed by atoms with E-state index in [0.29, 0.717) is 30.8 Å². The van der Waals surface area contributed by atoms with Crippen LogP contribution in [0.25, 0.3) is 0 Å². The molecule has 1 aromatic heterocycles. The first kappa shape index (κ1) is 23.7. The number of aromatic amines is 1. The first-order chi connectivity index (χ1) is 14.4. The zero-order valence-corrected chi connectivity index (χ0v) is 17.6. The topological polar surface area (TPSA) is 171 Å². The lowest BCUT2D eigenvalue weighted by Gasteiger charge is -2.29. The molecule has 2 rings (SSSR count). The van der Waals surface area contributed by atoms with E-state index in [0.717, 1.165) is 0 Å². The molecule has 0 saturated carbocycles. The predicted octanol–water partition coefficient (Wildman–Crippen LogP) is -1.29. The number of imidazole rings is 1. The third-order valence-electron chi connectivity index (χ3n) is 4.86. The highest BCUT2D eigenvalue weighted by Crippen LogP contribution is 2.20. The fourth-order valence-electron chi connectivity index (χ4n) is 3.33. The van der Waals surface area contributed by atoms with Crippen LogP contribution in [0.15, 0.2) is 12.5 Å². The summed E-state index contributed by atoms with van der Waals surface area (Å²) in [6.07, 6.45) is 6.36. The Kier molecular flexibility index (Phi) is 9.12. The Bertz CT molecular complexity index is 743. The molecule has 1 aliphatic rings. The highest BCUT2D eigenvalue weighted by Gasteiger charge is 2.38. The normalized spacial score (nSPS) is 17.9. The lowest BCUT2D eigenvalue weighted by atomic mass is 10.1. The van der Waals surface area contributed by atoms with Crippen LogP contribution >= 0.6 is 11.8 Å². The van der Waals surface area contributed by atoms with Gasteiger partial charge in [-0.25, -0.2) is 9.78 Å². The van der Waals surface area contributed by atoms with Crippen LogP contribution in [0.1, 0.15) is 25.0 Å². The van der Waals surface area contributed by atoms with Gasteiger partial charge in [0, 0.05) is 24.9 Å². The van der Waals surface area contributed by atoms with Gasteiger partial charge in [0.2, 0.25) is 17.7 Å². The lowest BCUT2D eigenvalue weighted by molar-refractivity contribution is -0.144. The third-order valence-corrected chi connectivity index (χ3v) is 5.51. The van der Waals surface area contributed by atoms with Crippen molar-refractivity contribution in [2.75, 3.05) is 25.1 Å². The van der Waals surface area contributed by atoms with Gasteiger partial charge in [-0.3, -0.25) is 14.4 Å². The summed E-state index contributed by atoms with van der Waals surface area (Å²) in [7, 11) is 0. The van der Waals surface area contributed by atoms with Crippen LogP contribution in [-0.2, 0) is 25.6 Å². The summed E-state index contributed by atoms with van der Waals surface area (Å²) in [5.74, 6) is -1.93. The number of likely N-dealkylation sites (tertiary alicyclic amines) is 1. The highest BCUT2D eigenvalue weighted by molar-refractivity contribution is 7.98. The summed E-state index contributed by atoms with van der Waals surface area (Å²) in [6, 6.07) is -2.71. The number of rotatable bonds is 11. The summed E-state index contributed by atoms with van der Waals surface area (Å²) < 4.78 is 0. The smallest absolute Gasteiger partial charge is 0.326 e. The van der Waals surface area contributed by atoms with Gasteiger partial charge in [0.15, 0.2) is 0 Å². The van der Waals surface area contributed by atoms with Crippen molar-refractivity contribution >= 4 is 35.5 Å². The quantitative estimate of drug-likeness (QED) is 0.283. The van der Waals surface area contributed by atoms with Gasteiger partial charge in [0.1, 0.15) is 18.1 Å². The molecule has 3 atom stereocenters. The van der Waals surface area contributed by atoms with Crippen molar-refractivity contribution in [3.63, 3.8) is 0 Å². The molecule has 11 nitrogen and oxygen atoms in total. The van der Waals surface area contributed by atoms with E-state index in [1.54, 1.807) is 6.20 Å². The number of nitrogens with two attached hydrogens (primary N) is 1. The van der Waals surface area contributed by atoms with E-state index in [1.807, 2.05) is 6.26 Å². The third kappa shape index (κ3) is 6.46. The molecular weight excluding hydrogens is 412 g/mol. The van der Waals surface area contributed by atoms with E-state index in [2.05, 4.69) is 20.6 Å². The molecule has 12 heteroatoms. The number of carbonyl (C=O) groups excluding carboxylic acids is 3. The van der Waals surface area contributed by atoms with Gasteiger partial charge in [-0.2, -0.15) is 11.8 Å². The molecule has 1 fully saturated rings. The average molecular weight is 441 g/mol. The Morgan fingerprint density at radius 3 is 2.73 bits per heavy atom. The van der Waals surface area contributed by atoms with Crippen LogP contribution in [0.5, 0.6) is 0 Å². The largest absolute Gasteiger partial charge is 0.480 e. The van der Waals surface area contributed by atoms with Crippen molar-refractivity contribution in [1.29, 1.82) is 0 Å². The van der Waals surface area contributed by atoms with Crippen LogP contribution in [0.2, 0.25) is 0 Å². The Labute approximate surface area is 178 Å². The fourth-order valence-corrected chi connectivity index (χ4v) is 3.81. The number of aromatic nitrogens is 2. The first-order valence-corrected chi connectivity index (χ1v) is 11.1. The maximum atomic E-state index is 13.2. The van der Waals surface area contributed by atoms with Crippen molar-refractivity contribution in [3.05, 3.63) is 18.2 Å². The number of amides is 3. The van der Waals surface area contributed by atoms with E-state index in [1.165, 1.54) is 23.0 Å². The second-order valence-corrected chi connectivity index (χ2v) is 7.96. The second kappa shape index (κ2) is 11.6. The number of H-pyrrole nitrogens is 1. The van der Waals surface area contributed by atoms with Crippen LogP contribution in [-0.4, -0.2) is 86.9 Å². The standard InChI is InChI=1S/C18H28N6O5S/c1-30-6-4-12(18(28)29)23-16(26)14-3-2-5-24(14)17(27)13(22-15(25)8-19)7-11-9-20-10-21-11/h9-10,12-14H,2-8,19H2,1H3,(H,20,21)(H,22,25)(H,23,26)(H,28,29). The number of aliphatic carboxylic acids is 1. The SMILES string of the molecule is CSCCC(NC(=O)C1CCCN1C(=O)C(Cc1cnc[nH]1)NC(=O)CN)C(=O)O. The first-order valence-electron chi connectivity index (χ1n) is 9.66. The van der Waals surface area contributed by atoms with E-state index in [-0.39, 0.29) is 19.4 Å². The monoisotopic (exact) mass is 440 g/mol. The molecule has 1 aliphatic heterocycles. The Morgan fingerprint density at radius 1 is 1.37 bits per heavy atom. The maximum absolute atomic E-state index is 13.2. The average Bonchev–Trinajstić information content (AvgIpc) is 3.41. The van der Waals surface area contributed by atoms with Gasteiger partial charge in [-0.1, -0.05) is 0 Å². The molecule has 0 radical (unpaired) electrons. The van der Waals surface area contributed by atoms with Gasteiger partial charge >= 0.3 is 5.97 Å². The van der Waals surface area contributed by atoms with Gasteiger partial charge < -0.3 is 31.4 Å². The Hall–Kier alpha value is -2.60. The minimum absolute atomic E-state index is 0.168. The zero-order valence-electron chi connectivity index (χ0n) is 16.8. The van der Waals surface area contributed by atoms with Crippen molar-refractivity contribution in [2.24, 2.45) is 5.73 Å². The highest BCUT2D eigenvalue weighted by atomic mass is 32.2. The van der Waals surface area contributed by atoms with Crippen molar-refractivity contribution < 1.29 is 24.3 Å². The number of nitrogens with one attached hydrogen (secondary N) is 3. The van der Waals surface area contributed by atoms with E-state index >= 15 is 0 Å². The molecule has 1 saturated heterocycles. The van der Waals surface area contributed by atoms with Gasteiger partial charge in [0.05, 0.1) is 12.9 Å². The molecule has 0 aliphatic carbocycles.